The van der Waals surface area contributed by atoms with Crippen LogP contribution in [0.1, 0.15) is 50.0 Å². The third-order valence-corrected chi connectivity index (χ3v) is 8.53. The van der Waals surface area contributed by atoms with E-state index in [9.17, 15) is 13.2 Å². The van der Waals surface area contributed by atoms with Gasteiger partial charge in [0.25, 0.3) is 0 Å². The fourth-order valence-corrected chi connectivity index (χ4v) is 6.22. The average Bonchev–Trinajstić information content (AvgIpc) is 3.53. The molecule has 1 saturated heterocycles. The number of benzene rings is 1. The maximum Gasteiger partial charge on any atom is 0.334 e. The van der Waals surface area contributed by atoms with Crippen LogP contribution in [0.25, 0.3) is 17.0 Å². The van der Waals surface area contributed by atoms with Gasteiger partial charge in [0.15, 0.2) is 5.65 Å². The second kappa shape index (κ2) is 10.9. The molecule has 0 spiro atoms. The van der Waals surface area contributed by atoms with E-state index in [4.69, 9.17) is 14.5 Å². The molecule has 1 aromatic carbocycles. The summed E-state index contributed by atoms with van der Waals surface area (Å²) in [7, 11) is -3.79. The Bertz CT molecular complexity index is 1420. The van der Waals surface area contributed by atoms with Crippen LogP contribution in [0.15, 0.2) is 27.9 Å². The fourth-order valence-electron chi connectivity index (χ4n) is 5.17. The normalized spacial score (nSPS) is 17.6. The zero-order valence-corrected chi connectivity index (χ0v) is 22.1. The molecule has 11 nitrogen and oxygen atoms in total. The Morgan fingerprint density at radius 2 is 1.95 bits per heavy atom. The lowest BCUT2D eigenvalue weighted by atomic mass is 10.0. The second-order valence-electron chi connectivity index (χ2n) is 9.52. The molecule has 1 aliphatic heterocycles. The van der Waals surface area contributed by atoms with E-state index in [0.29, 0.717) is 49.1 Å². The molecular formula is C25H34N6O5S. The number of nitrogens with zero attached hydrogens (tertiary/aromatic N) is 4. The Morgan fingerprint density at radius 3 is 2.68 bits per heavy atom. The first kappa shape index (κ1) is 25.8. The van der Waals surface area contributed by atoms with Crippen molar-refractivity contribution in [2.75, 3.05) is 46.0 Å². The zero-order valence-electron chi connectivity index (χ0n) is 21.3. The minimum absolute atomic E-state index is 0.0798. The summed E-state index contributed by atoms with van der Waals surface area (Å²) in [5.41, 5.74) is 1.39. The molecule has 2 aromatic heterocycles. The molecule has 3 aromatic rings. The van der Waals surface area contributed by atoms with Gasteiger partial charge in [0.1, 0.15) is 17.4 Å². The van der Waals surface area contributed by atoms with Gasteiger partial charge in [-0.3, -0.25) is 9.88 Å². The molecule has 2 N–H and O–H groups in total. The number of ether oxygens (including phenoxy) is 2. The number of aryl methyl sites for hydroxylation is 1. The van der Waals surface area contributed by atoms with E-state index in [1.54, 1.807) is 13.0 Å². The number of nitrogens with one attached hydrogen (secondary N) is 2. The van der Waals surface area contributed by atoms with Gasteiger partial charge in [0.2, 0.25) is 10.0 Å². The largest absolute Gasteiger partial charge is 0.493 e. The molecule has 1 saturated carbocycles. The molecule has 2 fully saturated rings. The van der Waals surface area contributed by atoms with Gasteiger partial charge in [0.05, 0.1) is 36.0 Å². The first-order chi connectivity index (χ1) is 17.9. The van der Waals surface area contributed by atoms with Crippen molar-refractivity contribution >= 4 is 15.7 Å². The molecule has 200 valence electrons. The van der Waals surface area contributed by atoms with Crippen LogP contribution in [-0.2, 0) is 14.8 Å². The molecule has 5 rings (SSSR count). The first-order valence-electron chi connectivity index (χ1n) is 12.9. The van der Waals surface area contributed by atoms with Gasteiger partial charge in [0, 0.05) is 32.1 Å². The van der Waals surface area contributed by atoms with Crippen LogP contribution >= 0.6 is 0 Å². The van der Waals surface area contributed by atoms with Crippen molar-refractivity contribution in [3.8, 4) is 17.1 Å². The Labute approximate surface area is 216 Å². The van der Waals surface area contributed by atoms with E-state index in [1.165, 1.54) is 16.5 Å². The fraction of sp³-hybridized carbons (Fsp3) is 0.560. The van der Waals surface area contributed by atoms with Crippen molar-refractivity contribution in [1.82, 2.24) is 29.0 Å². The highest BCUT2D eigenvalue weighted by Crippen LogP contribution is 2.36. The van der Waals surface area contributed by atoms with Crippen molar-refractivity contribution in [3.05, 3.63) is 40.2 Å². The third-order valence-electron chi connectivity index (χ3n) is 7.07. The molecule has 12 heteroatoms. The standard InChI is InChI=1S/C25H34N6O5S/c1-3-36-21-9-8-19(37(33,34)26-10-11-30-12-14-35-15-13-30)16-20(21)23-28-24-22(18-6-4-5-7-18)27-17(2)31(24)25(32)29-23/h8-9,16,18,26H,3-7,10-15H2,1-2H3,(H,28,29,32). The lowest BCUT2D eigenvalue weighted by Crippen LogP contribution is -2.41. The van der Waals surface area contributed by atoms with Gasteiger partial charge in [-0.1, -0.05) is 12.8 Å². The van der Waals surface area contributed by atoms with Gasteiger partial charge in [-0.2, -0.15) is 0 Å². The number of sulfonamides is 1. The Kier molecular flexibility index (Phi) is 7.61. The van der Waals surface area contributed by atoms with Crippen LogP contribution < -0.4 is 15.1 Å². The number of imidazole rings is 1. The van der Waals surface area contributed by atoms with Crippen LogP contribution in [0.3, 0.4) is 0 Å². The van der Waals surface area contributed by atoms with E-state index in [-0.39, 0.29) is 28.9 Å². The molecule has 0 amide bonds. The predicted octanol–water partition coefficient (Wildman–Crippen LogP) is 2.06. The van der Waals surface area contributed by atoms with E-state index in [2.05, 4.69) is 19.6 Å². The Morgan fingerprint density at radius 1 is 1.19 bits per heavy atom. The molecule has 1 aliphatic carbocycles. The number of hydrogen-bond donors (Lipinski definition) is 2. The summed E-state index contributed by atoms with van der Waals surface area (Å²) < 4.78 is 41.6. The van der Waals surface area contributed by atoms with Gasteiger partial charge in [-0.05, 0) is 44.9 Å². The lowest BCUT2D eigenvalue weighted by molar-refractivity contribution is 0.0390. The van der Waals surface area contributed by atoms with Gasteiger partial charge in [-0.15, -0.1) is 0 Å². The van der Waals surface area contributed by atoms with Crippen molar-refractivity contribution in [2.24, 2.45) is 0 Å². The summed E-state index contributed by atoms with van der Waals surface area (Å²) in [6.45, 7) is 7.79. The summed E-state index contributed by atoms with van der Waals surface area (Å²) in [5.74, 6) is 1.55. The van der Waals surface area contributed by atoms with E-state index < -0.39 is 10.0 Å². The number of fused-ring (bicyclic) bond motifs is 1. The summed E-state index contributed by atoms with van der Waals surface area (Å²) in [6, 6.07) is 4.63. The highest BCUT2D eigenvalue weighted by Gasteiger charge is 2.26. The third kappa shape index (κ3) is 5.42. The van der Waals surface area contributed by atoms with Crippen molar-refractivity contribution in [3.63, 3.8) is 0 Å². The molecule has 0 atom stereocenters. The predicted molar refractivity (Wildman–Crippen MR) is 139 cm³/mol. The number of aromatic nitrogens is 4. The highest BCUT2D eigenvalue weighted by molar-refractivity contribution is 7.89. The van der Waals surface area contributed by atoms with Crippen LogP contribution in [0.5, 0.6) is 5.75 Å². The number of hydrogen-bond acceptors (Lipinski definition) is 8. The van der Waals surface area contributed by atoms with Gasteiger partial charge >= 0.3 is 5.69 Å². The molecule has 0 radical (unpaired) electrons. The molecule has 2 aliphatic rings. The number of aromatic amines is 1. The summed E-state index contributed by atoms with van der Waals surface area (Å²) in [5, 5.41) is 0. The quantitative estimate of drug-likeness (QED) is 0.430. The first-order valence-corrected chi connectivity index (χ1v) is 14.4. The van der Waals surface area contributed by atoms with Crippen LogP contribution in [0.2, 0.25) is 0 Å². The molecule has 0 unspecified atom stereocenters. The molecular weight excluding hydrogens is 496 g/mol. The number of morpholine rings is 1. The number of H-pyrrole nitrogens is 1. The Balaban J connectivity index is 1.49. The second-order valence-corrected chi connectivity index (χ2v) is 11.3. The van der Waals surface area contributed by atoms with E-state index in [1.807, 2.05) is 6.92 Å². The molecule has 3 heterocycles. The van der Waals surface area contributed by atoms with Crippen molar-refractivity contribution < 1.29 is 17.9 Å². The maximum atomic E-state index is 13.1. The summed E-state index contributed by atoms with van der Waals surface area (Å²) >= 11 is 0. The number of rotatable bonds is 9. The maximum absolute atomic E-state index is 13.1. The van der Waals surface area contributed by atoms with E-state index >= 15 is 0 Å². The highest BCUT2D eigenvalue weighted by atomic mass is 32.2. The van der Waals surface area contributed by atoms with E-state index in [0.717, 1.165) is 44.5 Å². The average molecular weight is 531 g/mol. The molecule has 0 bridgehead atoms. The van der Waals surface area contributed by atoms with Crippen LogP contribution in [-0.4, -0.2) is 78.7 Å². The van der Waals surface area contributed by atoms with Crippen LogP contribution in [0.4, 0.5) is 0 Å². The lowest BCUT2D eigenvalue weighted by Gasteiger charge is -2.26. The SMILES string of the molecule is CCOc1ccc(S(=O)(=O)NCCN2CCOCC2)cc1-c1nc2c(C3CCCC3)nc(C)n2c(=O)[nH]1. The minimum Gasteiger partial charge on any atom is -0.493 e. The zero-order chi connectivity index (χ0) is 26.0. The minimum atomic E-state index is -3.79. The summed E-state index contributed by atoms with van der Waals surface area (Å²) in [4.78, 5) is 27.6. The molecule has 37 heavy (non-hydrogen) atoms. The summed E-state index contributed by atoms with van der Waals surface area (Å²) in [6.07, 6.45) is 4.30. The smallest absolute Gasteiger partial charge is 0.334 e. The topological polar surface area (TPSA) is 131 Å². The van der Waals surface area contributed by atoms with Crippen LogP contribution in [0, 0.1) is 6.92 Å². The van der Waals surface area contributed by atoms with Crippen molar-refractivity contribution in [2.45, 2.75) is 50.3 Å². The Hall–Kier alpha value is -2.80. The van der Waals surface area contributed by atoms with Gasteiger partial charge in [-0.25, -0.2) is 32.3 Å². The van der Waals surface area contributed by atoms with Crippen molar-refractivity contribution in [1.29, 1.82) is 0 Å². The monoisotopic (exact) mass is 530 g/mol. The van der Waals surface area contributed by atoms with Gasteiger partial charge < -0.3 is 9.47 Å².